The molecule has 1 aromatic carbocycles. The molecule has 1 heterocycles. The van der Waals surface area contributed by atoms with Gasteiger partial charge in [-0.25, -0.2) is 0 Å². The van der Waals surface area contributed by atoms with Gasteiger partial charge in [0.1, 0.15) is 0 Å². The summed E-state index contributed by atoms with van der Waals surface area (Å²) in [6, 6.07) is 11.6. The zero-order valence-electron chi connectivity index (χ0n) is 13.0. The van der Waals surface area contributed by atoms with E-state index in [2.05, 4.69) is 47.5 Å². The molecule has 0 spiro atoms. The normalized spacial score (nSPS) is 18.8. The van der Waals surface area contributed by atoms with Gasteiger partial charge < -0.3 is 10.2 Å². The van der Waals surface area contributed by atoms with Crippen molar-refractivity contribution in [2.75, 3.05) is 26.2 Å². The van der Waals surface area contributed by atoms with Crippen LogP contribution in [0.4, 0.5) is 0 Å². The zero-order chi connectivity index (χ0) is 14.0. The summed E-state index contributed by atoms with van der Waals surface area (Å²) < 4.78 is 0. The van der Waals surface area contributed by atoms with Crippen LogP contribution in [0, 0.1) is 0 Å². The van der Waals surface area contributed by atoms with E-state index in [1.807, 2.05) is 0 Å². The maximum Gasteiger partial charge on any atom is 0.0195 e. The smallest absolute Gasteiger partial charge is 0.0195 e. The summed E-state index contributed by atoms with van der Waals surface area (Å²) in [5, 5.41) is 3.62. The minimum absolute atomic E-state index is 0.746. The molecule has 0 radical (unpaired) electrons. The zero-order valence-corrected chi connectivity index (χ0v) is 13.0. The van der Waals surface area contributed by atoms with E-state index in [4.69, 9.17) is 0 Å². The molecule has 1 atom stereocenters. The lowest BCUT2D eigenvalue weighted by molar-refractivity contribution is 0.245. The molecule has 2 heteroatoms. The molecule has 0 bridgehead atoms. The van der Waals surface area contributed by atoms with Crippen molar-refractivity contribution >= 4 is 0 Å². The van der Waals surface area contributed by atoms with Gasteiger partial charge in [-0.2, -0.15) is 0 Å². The third-order valence-corrected chi connectivity index (χ3v) is 4.21. The first kappa shape index (κ1) is 15.5. The third kappa shape index (κ3) is 5.64. The Morgan fingerprint density at radius 1 is 1.15 bits per heavy atom. The van der Waals surface area contributed by atoms with Gasteiger partial charge in [0.25, 0.3) is 0 Å². The van der Waals surface area contributed by atoms with E-state index in [-0.39, 0.29) is 0 Å². The maximum atomic E-state index is 3.62. The third-order valence-electron chi connectivity index (χ3n) is 4.21. The van der Waals surface area contributed by atoms with Gasteiger partial charge >= 0.3 is 0 Å². The Bertz CT molecular complexity index is 344. The van der Waals surface area contributed by atoms with Gasteiger partial charge in [0.15, 0.2) is 0 Å². The fraction of sp³-hybridized carbons (Fsp3) is 0.667. The summed E-state index contributed by atoms with van der Waals surface area (Å²) in [4.78, 5) is 2.66. The van der Waals surface area contributed by atoms with Crippen molar-refractivity contribution in [2.45, 2.75) is 51.5 Å². The average molecular weight is 274 g/mol. The number of nitrogens with one attached hydrogen (secondary N) is 1. The van der Waals surface area contributed by atoms with Crippen LogP contribution >= 0.6 is 0 Å². The predicted molar refractivity (Wildman–Crippen MR) is 87.1 cm³/mol. The lowest BCUT2D eigenvalue weighted by Gasteiger charge is -2.25. The van der Waals surface area contributed by atoms with E-state index in [1.165, 1.54) is 70.3 Å². The van der Waals surface area contributed by atoms with Crippen molar-refractivity contribution in [3.05, 3.63) is 35.9 Å². The van der Waals surface area contributed by atoms with Gasteiger partial charge in [0, 0.05) is 12.6 Å². The molecular weight excluding hydrogens is 244 g/mol. The highest BCUT2D eigenvalue weighted by Crippen LogP contribution is 2.09. The van der Waals surface area contributed by atoms with Gasteiger partial charge in [-0.1, -0.05) is 37.3 Å². The minimum atomic E-state index is 0.746. The number of hydrogen-bond acceptors (Lipinski definition) is 2. The molecule has 1 unspecified atom stereocenters. The van der Waals surface area contributed by atoms with Crippen molar-refractivity contribution in [3.63, 3.8) is 0 Å². The van der Waals surface area contributed by atoms with Gasteiger partial charge in [0.05, 0.1) is 0 Å². The van der Waals surface area contributed by atoms with Gasteiger partial charge in [0.2, 0.25) is 0 Å². The summed E-state index contributed by atoms with van der Waals surface area (Å²) in [6.45, 7) is 7.28. The van der Waals surface area contributed by atoms with Crippen molar-refractivity contribution in [1.82, 2.24) is 10.2 Å². The Morgan fingerprint density at radius 3 is 2.70 bits per heavy atom. The molecule has 1 aliphatic heterocycles. The SMILES string of the molecule is CCCN(CCCCc1ccccc1)CC1CCCN1. The van der Waals surface area contributed by atoms with Crippen LogP contribution in [0.25, 0.3) is 0 Å². The van der Waals surface area contributed by atoms with E-state index >= 15 is 0 Å². The molecule has 1 N–H and O–H groups in total. The van der Waals surface area contributed by atoms with E-state index in [1.54, 1.807) is 0 Å². The number of benzene rings is 1. The quantitative estimate of drug-likeness (QED) is 0.694. The summed E-state index contributed by atoms with van der Waals surface area (Å²) in [7, 11) is 0. The number of unbranched alkanes of at least 4 members (excludes halogenated alkanes) is 1. The van der Waals surface area contributed by atoms with Gasteiger partial charge in [-0.15, -0.1) is 0 Å². The molecule has 2 rings (SSSR count). The Labute approximate surface area is 124 Å². The Balaban J connectivity index is 1.63. The van der Waals surface area contributed by atoms with Crippen molar-refractivity contribution < 1.29 is 0 Å². The minimum Gasteiger partial charge on any atom is -0.313 e. The lowest BCUT2D eigenvalue weighted by Crippen LogP contribution is -2.38. The molecule has 1 aliphatic rings. The second-order valence-electron chi connectivity index (χ2n) is 6.04. The first-order valence-electron chi connectivity index (χ1n) is 8.38. The number of rotatable bonds is 9. The largest absolute Gasteiger partial charge is 0.313 e. The fourth-order valence-electron chi connectivity index (χ4n) is 3.14. The molecule has 0 aromatic heterocycles. The van der Waals surface area contributed by atoms with Crippen LogP contribution in [0.15, 0.2) is 30.3 Å². The number of aryl methyl sites for hydroxylation is 1. The molecule has 112 valence electrons. The Hall–Kier alpha value is -0.860. The topological polar surface area (TPSA) is 15.3 Å². The molecule has 0 saturated carbocycles. The highest BCUT2D eigenvalue weighted by Gasteiger charge is 2.16. The second kappa shape index (κ2) is 9.15. The summed E-state index contributed by atoms with van der Waals surface area (Å²) in [6.07, 6.45) is 7.85. The van der Waals surface area contributed by atoms with E-state index in [9.17, 15) is 0 Å². The second-order valence-corrected chi connectivity index (χ2v) is 6.04. The highest BCUT2D eigenvalue weighted by molar-refractivity contribution is 5.14. The summed E-state index contributed by atoms with van der Waals surface area (Å²) in [5.74, 6) is 0. The molecule has 2 nitrogen and oxygen atoms in total. The molecule has 0 amide bonds. The fourth-order valence-corrected chi connectivity index (χ4v) is 3.14. The highest BCUT2D eigenvalue weighted by atomic mass is 15.1. The molecule has 0 aliphatic carbocycles. The molecule has 20 heavy (non-hydrogen) atoms. The van der Waals surface area contributed by atoms with Crippen LogP contribution in [0.2, 0.25) is 0 Å². The van der Waals surface area contributed by atoms with Crippen molar-refractivity contribution in [2.24, 2.45) is 0 Å². The average Bonchev–Trinajstić information content (AvgIpc) is 2.98. The maximum absolute atomic E-state index is 3.62. The summed E-state index contributed by atoms with van der Waals surface area (Å²) in [5.41, 5.74) is 1.48. The van der Waals surface area contributed by atoms with Crippen LogP contribution in [-0.2, 0) is 6.42 Å². The van der Waals surface area contributed by atoms with E-state index < -0.39 is 0 Å². The van der Waals surface area contributed by atoms with Crippen LogP contribution in [0.3, 0.4) is 0 Å². The van der Waals surface area contributed by atoms with Crippen LogP contribution in [-0.4, -0.2) is 37.1 Å². The van der Waals surface area contributed by atoms with Crippen molar-refractivity contribution in [1.29, 1.82) is 0 Å². The van der Waals surface area contributed by atoms with E-state index in [0.717, 1.165) is 6.04 Å². The molecule has 1 saturated heterocycles. The number of hydrogen-bond donors (Lipinski definition) is 1. The predicted octanol–water partition coefficient (Wildman–Crippen LogP) is 3.47. The lowest BCUT2D eigenvalue weighted by atomic mass is 10.1. The monoisotopic (exact) mass is 274 g/mol. The summed E-state index contributed by atoms with van der Waals surface area (Å²) >= 11 is 0. The van der Waals surface area contributed by atoms with Gasteiger partial charge in [-0.3, -0.25) is 0 Å². The van der Waals surface area contributed by atoms with Crippen molar-refractivity contribution in [3.8, 4) is 0 Å². The van der Waals surface area contributed by atoms with E-state index in [0.29, 0.717) is 0 Å². The number of nitrogens with zero attached hydrogens (tertiary/aromatic N) is 1. The standard InChI is InChI=1S/C18H30N2/c1-2-14-20(16-18-12-8-13-19-18)15-7-6-11-17-9-4-3-5-10-17/h3-5,9-10,18-19H,2,6-8,11-16H2,1H3. The van der Waals surface area contributed by atoms with Crippen LogP contribution in [0.1, 0.15) is 44.6 Å². The van der Waals surface area contributed by atoms with Gasteiger partial charge in [-0.05, 0) is 63.7 Å². The molecule has 1 fully saturated rings. The molecule has 1 aromatic rings. The first-order valence-corrected chi connectivity index (χ1v) is 8.38. The molecular formula is C18H30N2. The van der Waals surface area contributed by atoms with Crippen LogP contribution in [0.5, 0.6) is 0 Å². The van der Waals surface area contributed by atoms with Crippen LogP contribution < -0.4 is 5.32 Å². The first-order chi connectivity index (χ1) is 9.88. The Kier molecular flexibility index (Phi) is 7.10. The Morgan fingerprint density at radius 2 is 2.00 bits per heavy atom.